The zero-order valence-corrected chi connectivity index (χ0v) is 24.5. The number of unbranched alkanes of at least 4 members (excludes halogenated alkanes) is 27. The van der Waals surface area contributed by atoms with E-state index in [0.717, 1.165) is 6.61 Å². The zero-order chi connectivity index (χ0) is 24.8. The molecule has 34 heavy (non-hydrogen) atoms. The molecule has 0 fully saturated rings. The lowest BCUT2D eigenvalue weighted by Crippen LogP contribution is -2.03. The van der Waals surface area contributed by atoms with Gasteiger partial charge >= 0.3 is 0 Å². The SMILES string of the molecule is CCCCCCCCCCCCCCCCCCCCCCCCCCCCCCOC(C)C. The van der Waals surface area contributed by atoms with Gasteiger partial charge in [0.1, 0.15) is 0 Å². The van der Waals surface area contributed by atoms with Crippen LogP contribution in [-0.4, -0.2) is 12.7 Å². The normalized spacial score (nSPS) is 11.6. The van der Waals surface area contributed by atoms with Gasteiger partial charge in [0.25, 0.3) is 0 Å². The van der Waals surface area contributed by atoms with E-state index in [4.69, 9.17) is 4.74 Å². The predicted molar refractivity (Wildman–Crippen MR) is 156 cm³/mol. The van der Waals surface area contributed by atoms with Crippen molar-refractivity contribution >= 4 is 0 Å². The number of rotatable bonds is 30. The maximum atomic E-state index is 5.60. The van der Waals surface area contributed by atoms with Gasteiger partial charge in [0.15, 0.2) is 0 Å². The maximum absolute atomic E-state index is 5.60. The monoisotopic (exact) mass is 481 g/mol. The molecule has 0 aliphatic rings. The van der Waals surface area contributed by atoms with E-state index in [2.05, 4.69) is 20.8 Å². The summed E-state index contributed by atoms with van der Waals surface area (Å²) in [6.07, 6.45) is 41.2. The third kappa shape index (κ3) is 32.0. The summed E-state index contributed by atoms with van der Waals surface area (Å²) in [7, 11) is 0. The van der Waals surface area contributed by atoms with Crippen LogP contribution < -0.4 is 0 Å². The van der Waals surface area contributed by atoms with E-state index in [0.29, 0.717) is 6.10 Å². The van der Waals surface area contributed by atoms with Crippen LogP contribution in [-0.2, 0) is 4.74 Å². The minimum absolute atomic E-state index is 0.397. The molecule has 0 aliphatic heterocycles. The summed E-state index contributed by atoms with van der Waals surface area (Å²) in [5.74, 6) is 0. The number of hydrogen-bond donors (Lipinski definition) is 0. The summed E-state index contributed by atoms with van der Waals surface area (Å²) in [5, 5.41) is 0. The molecule has 0 atom stereocenters. The molecule has 0 bridgehead atoms. The topological polar surface area (TPSA) is 9.23 Å². The van der Waals surface area contributed by atoms with Crippen LogP contribution in [0.5, 0.6) is 0 Å². The lowest BCUT2D eigenvalue weighted by atomic mass is 10.0. The second-order valence-corrected chi connectivity index (χ2v) is 11.5. The van der Waals surface area contributed by atoms with Gasteiger partial charge in [0.05, 0.1) is 6.10 Å². The predicted octanol–water partition coefficient (Wildman–Crippen LogP) is 12.4. The Labute approximate surface area is 218 Å². The third-order valence-electron chi connectivity index (χ3n) is 7.45. The summed E-state index contributed by atoms with van der Waals surface area (Å²) < 4.78 is 5.60. The summed E-state index contributed by atoms with van der Waals surface area (Å²) in [5.41, 5.74) is 0. The molecular formula is C33H68O. The first-order valence-corrected chi connectivity index (χ1v) is 16.4. The molecule has 0 aromatic carbocycles. The first-order valence-electron chi connectivity index (χ1n) is 16.4. The highest BCUT2D eigenvalue weighted by Crippen LogP contribution is 2.16. The van der Waals surface area contributed by atoms with Crippen molar-refractivity contribution in [3.8, 4) is 0 Å². The molecular weight excluding hydrogens is 412 g/mol. The molecule has 0 aromatic heterocycles. The summed E-state index contributed by atoms with van der Waals surface area (Å²) in [4.78, 5) is 0. The van der Waals surface area contributed by atoms with E-state index < -0.39 is 0 Å². The summed E-state index contributed by atoms with van der Waals surface area (Å²) >= 11 is 0. The van der Waals surface area contributed by atoms with Crippen LogP contribution in [0.25, 0.3) is 0 Å². The molecule has 0 N–H and O–H groups in total. The van der Waals surface area contributed by atoms with Gasteiger partial charge in [-0.15, -0.1) is 0 Å². The Bertz CT molecular complexity index is 337. The molecule has 0 unspecified atom stereocenters. The molecule has 0 aromatic rings. The van der Waals surface area contributed by atoms with Crippen LogP contribution in [0.3, 0.4) is 0 Å². The zero-order valence-electron chi connectivity index (χ0n) is 24.5. The Hall–Kier alpha value is -0.0400. The molecule has 0 spiro atoms. The van der Waals surface area contributed by atoms with Gasteiger partial charge in [-0.3, -0.25) is 0 Å². The first kappa shape index (κ1) is 34.0. The molecule has 0 heterocycles. The van der Waals surface area contributed by atoms with E-state index in [1.54, 1.807) is 0 Å². The van der Waals surface area contributed by atoms with Gasteiger partial charge < -0.3 is 4.74 Å². The van der Waals surface area contributed by atoms with Gasteiger partial charge in [0.2, 0.25) is 0 Å². The van der Waals surface area contributed by atoms with Gasteiger partial charge in [-0.25, -0.2) is 0 Å². The molecule has 0 rings (SSSR count). The maximum Gasteiger partial charge on any atom is 0.0518 e. The fourth-order valence-electron chi connectivity index (χ4n) is 5.09. The van der Waals surface area contributed by atoms with Crippen LogP contribution in [0.2, 0.25) is 0 Å². The molecule has 0 radical (unpaired) electrons. The highest BCUT2D eigenvalue weighted by atomic mass is 16.5. The van der Waals surface area contributed by atoms with Crippen molar-refractivity contribution in [2.45, 2.75) is 207 Å². The second-order valence-electron chi connectivity index (χ2n) is 11.5. The molecule has 1 nitrogen and oxygen atoms in total. The Kier molecular flexibility index (Phi) is 31.0. The van der Waals surface area contributed by atoms with E-state index >= 15 is 0 Å². The Morgan fingerprint density at radius 3 is 0.735 bits per heavy atom. The minimum atomic E-state index is 0.397. The van der Waals surface area contributed by atoms with Crippen molar-refractivity contribution < 1.29 is 4.74 Å². The van der Waals surface area contributed by atoms with Gasteiger partial charge in [-0.05, 0) is 20.3 Å². The lowest BCUT2D eigenvalue weighted by Gasteiger charge is -2.07. The summed E-state index contributed by atoms with van der Waals surface area (Å²) in [6.45, 7) is 7.51. The molecule has 0 saturated carbocycles. The molecule has 0 saturated heterocycles. The minimum Gasteiger partial charge on any atom is -0.379 e. The second kappa shape index (κ2) is 31.0. The summed E-state index contributed by atoms with van der Waals surface area (Å²) in [6, 6.07) is 0. The molecule has 0 aliphatic carbocycles. The van der Waals surface area contributed by atoms with Crippen LogP contribution in [0, 0.1) is 0 Å². The van der Waals surface area contributed by atoms with Gasteiger partial charge in [-0.1, -0.05) is 180 Å². The van der Waals surface area contributed by atoms with Crippen LogP contribution in [0.4, 0.5) is 0 Å². The average molecular weight is 481 g/mol. The van der Waals surface area contributed by atoms with E-state index in [-0.39, 0.29) is 0 Å². The Morgan fingerprint density at radius 1 is 0.324 bits per heavy atom. The van der Waals surface area contributed by atoms with Crippen LogP contribution >= 0.6 is 0 Å². The van der Waals surface area contributed by atoms with E-state index in [9.17, 15) is 0 Å². The lowest BCUT2D eigenvalue weighted by molar-refractivity contribution is 0.0756. The van der Waals surface area contributed by atoms with Crippen molar-refractivity contribution in [1.29, 1.82) is 0 Å². The van der Waals surface area contributed by atoms with Crippen LogP contribution in [0.15, 0.2) is 0 Å². The highest BCUT2D eigenvalue weighted by molar-refractivity contribution is 4.52. The molecule has 1 heteroatoms. The van der Waals surface area contributed by atoms with E-state index in [1.807, 2.05) is 0 Å². The van der Waals surface area contributed by atoms with Crippen molar-refractivity contribution in [2.75, 3.05) is 6.61 Å². The fraction of sp³-hybridized carbons (Fsp3) is 1.00. The third-order valence-corrected chi connectivity index (χ3v) is 7.45. The van der Waals surface area contributed by atoms with Crippen molar-refractivity contribution in [3.63, 3.8) is 0 Å². The molecule has 206 valence electrons. The van der Waals surface area contributed by atoms with Crippen LogP contribution in [0.1, 0.15) is 201 Å². The van der Waals surface area contributed by atoms with Gasteiger partial charge in [-0.2, -0.15) is 0 Å². The largest absolute Gasteiger partial charge is 0.379 e. The molecule has 0 amide bonds. The quantitative estimate of drug-likeness (QED) is 0.0928. The van der Waals surface area contributed by atoms with Gasteiger partial charge in [0, 0.05) is 6.61 Å². The highest BCUT2D eigenvalue weighted by Gasteiger charge is 1.97. The number of ether oxygens (including phenoxy) is 1. The van der Waals surface area contributed by atoms with Crippen molar-refractivity contribution in [1.82, 2.24) is 0 Å². The standard InChI is InChI=1S/C33H68O/c1-4-5-6-7-8-9-10-11-12-13-14-15-16-17-18-19-20-21-22-23-24-25-26-27-28-29-30-31-32-34-33(2)3/h33H,4-32H2,1-3H3. The average Bonchev–Trinajstić information content (AvgIpc) is 2.83. The fourth-order valence-corrected chi connectivity index (χ4v) is 5.09. The number of hydrogen-bond acceptors (Lipinski definition) is 1. The van der Waals surface area contributed by atoms with Crippen molar-refractivity contribution in [3.05, 3.63) is 0 Å². The first-order chi connectivity index (χ1) is 16.8. The van der Waals surface area contributed by atoms with E-state index in [1.165, 1.54) is 180 Å². The smallest absolute Gasteiger partial charge is 0.0518 e. The Balaban J connectivity index is 3.00. The Morgan fingerprint density at radius 2 is 0.529 bits per heavy atom. The van der Waals surface area contributed by atoms with Crippen molar-refractivity contribution in [2.24, 2.45) is 0 Å².